The van der Waals surface area contributed by atoms with Crippen LogP contribution in [0.25, 0.3) is 0 Å². The molecular formula is C23H28N2O3. The third-order valence-corrected chi connectivity index (χ3v) is 6.15. The minimum atomic E-state index is -0.0683. The number of likely N-dealkylation sites (tertiary alicyclic amines) is 1. The highest BCUT2D eigenvalue weighted by Crippen LogP contribution is 2.39. The molecule has 0 aliphatic carbocycles. The first kappa shape index (κ1) is 18.9. The average Bonchev–Trinajstić information content (AvgIpc) is 2.75. The Balaban J connectivity index is 1.34. The van der Waals surface area contributed by atoms with Gasteiger partial charge in [0, 0.05) is 32.1 Å². The standard InChI is InChI=1S/C23H28N2O3/c1-27-21-6-4-18(5-7-21)15-19-8-14-28-23(16-19)9-12-25(13-10-23)22(26)20-3-2-11-24-17-20/h2-7,11,17,19H,8-10,12-16H2,1H3. The van der Waals surface area contributed by atoms with Gasteiger partial charge in [-0.05, 0) is 67.9 Å². The molecule has 1 atom stereocenters. The summed E-state index contributed by atoms with van der Waals surface area (Å²) in [6.45, 7) is 2.32. The van der Waals surface area contributed by atoms with Gasteiger partial charge in [-0.1, -0.05) is 12.1 Å². The van der Waals surface area contributed by atoms with Gasteiger partial charge in [0.1, 0.15) is 5.75 Å². The van der Waals surface area contributed by atoms with Crippen LogP contribution in [0, 0.1) is 5.92 Å². The highest BCUT2D eigenvalue weighted by molar-refractivity contribution is 5.93. The molecule has 148 valence electrons. The van der Waals surface area contributed by atoms with Gasteiger partial charge in [-0.25, -0.2) is 0 Å². The zero-order valence-electron chi connectivity index (χ0n) is 16.5. The lowest BCUT2D eigenvalue weighted by molar-refractivity contribution is -0.123. The molecule has 0 radical (unpaired) electrons. The van der Waals surface area contributed by atoms with Gasteiger partial charge in [-0.15, -0.1) is 0 Å². The average molecular weight is 380 g/mol. The van der Waals surface area contributed by atoms with E-state index in [0.29, 0.717) is 11.5 Å². The predicted molar refractivity (Wildman–Crippen MR) is 107 cm³/mol. The van der Waals surface area contributed by atoms with E-state index in [1.807, 2.05) is 29.2 Å². The van der Waals surface area contributed by atoms with E-state index >= 15 is 0 Å². The maximum absolute atomic E-state index is 12.7. The van der Waals surface area contributed by atoms with Gasteiger partial charge < -0.3 is 14.4 Å². The fraction of sp³-hybridized carbons (Fsp3) is 0.478. The van der Waals surface area contributed by atoms with Crippen molar-refractivity contribution in [2.24, 2.45) is 5.92 Å². The fourth-order valence-corrected chi connectivity index (χ4v) is 4.54. The maximum Gasteiger partial charge on any atom is 0.255 e. The van der Waals surface area contributed by atoms with Crippen LogP contribution in [-0.2, 0) is 11.2 Å². The summed E-state index contributed by atoms with van der Waals surface area (Å²) in [5.74, 6) is 1.61. The molecule has 1 aromatic heterocycles. The molecule has 4 rings (SSSR count). The maximum atomic E-state index is 12.7. The Hall–Kier alpha value is -2.40. The molecule has 1 aromatic carbocycles. The third kappa shape index (κ3) is 4.20. The number of benzene rings is 1. The molecule has 0 saturated carbocycles. The van der Waals surface area contributed by atoms with E-state index in [1.165, 1.54) is 5.56 Å². The number of aromatic nitrogens is 1. The minimum absolute atomic E-state index is 0.0683. The second kappa shape index (κ2) is 8.31. The highest BCUT2D eigenvalue weighted by atomic mass is 16.5. The van der Waals surface area contributed by atoms with E-state index in [1.54, 1.807) is 19.5 Å². The Bertz CT molecular complexity index is 783. The number of piperidine rings is 1. The van der Waals surface area contributed by atoms with Gasteiger partial charge in [0.25, 0.3) is 5.91 Å². The molecular weight excluding hydrogens is 352 g/mol. The Morgan fingerprint density at radius 2 is 2.04 bits per heavy atom. The highest BCUT2D eigenvalue weighted by Gasteiger charge is 2.41. The molecule has 5 heteroatoms. The molecule has 5 nitrogen and oxygen atoms in total. The van der Waals surface area contributed by atoms with E-state index in [2.05, 4.69) is 17.1 Å². The molecule has 1 spiro atoms. The number of hydrogen-bond donors (Lipinski definition) is 0. The topological polar surface area (TPSA) is 51.7 Å². The summed E-state index contributed by atoms with van der Waals surface area (Å²) in [4.78, 5) is 18.7. The van der Waals surface area contributed by atoms with Crippen LogP contribution in [0.3, 0.4) is 0 Å². The summed E-state index contributed by atoms with van der Waals surface area (Å²) in [5.41, 5.74) is 1.95. The molecule has 2 aliphatic heterocycles. The van der Waals surface area contributed by atoms with E-state index in [4.69, 9.17) is 9.47 Å². The van der Waals surface area contributed by atoms with Crippen molar-refractivity contribution in [2.75, 3.05) is 26.8 Å². The number of ether oxygens (including phenoxy) is 2. The van der Waals surface area contributed by atoms with Gasteiger partial charge in [-0.3, -0.25) is 9.78 Å². The largest absolute Gasteiger partial charge is 0.497 e. The molecule has 0 N–H and O–H groups in total. The number of methoxy groups -OCH3 is 1. The van der Waals surface area contributed by atoms with Crippen LogP contribution in [-0.4, -0.2) is 48.2 Å². The summed E-state index contributed by atoms with van der Waals surface area (Å²) in [5, 5.41) is 0. The van der Waals surface area contributed by atoms with Gasteiger partial charge >= 0.3 is 0 Å². The molecule has 2 fully saturated rings. The van der Waals surface area contributed by atoms with Crippen molar-refractivity contribution < 1.29 is 14.3 Å². The van der Waals surface area contributed by atoms with E-state index < -0.39 is 0 Å². The lowest BCUT2D eigenvalue weighted by atomic mass is 9.77. The summed E-state index contributed by atoms with van der Waals surface area (Å²) in [6, 6.07) is 12.0. The van der Waals surface area contributed by atoms with Gasteiger partial charge in [0.2, 0.25) is 0 Å². The van der Waals surface area contributed by atoms with Crippen molar-refractivity contribution in [3.63, 3.8) is 0 Å². The molecule has 2 aliphatic rings. The zero-order chi connectivity index (χ0) is 19.4. The van der Waals surface area contributed by atoms with Crippen molar-refractivity contribution in [3.8, 4) is 5.75 Å². The minimum Gasteiger partial charge on any atom is -0.497 e. The number of amides is 1. The Kier molecular flexibility index (Phi) is 5.62. The normalized spacial score (nSPS) is 21.5. The van der Waals surface area contributed by atoms with E-state index in [9.17, 15) is 4.79 Å². The second-order valence-electron chi connectivity index (χ2n) is 7.98. The molecule has 1 amide bonds. The molecule has 2 aromatic rings. The van der Waals surface area contributed by atoms with Gasteiger partial charge in [-0.2, -0.15) is 0 Å². The van der Waals surface area contributed by atoms with Gasteiger partial charge in [0.15, 0.2) is 0 Å². The smallest absolute Gasteiger partial charge is 0.255 e. The first-order chi connectivity index (χ1) is 13.7. The van der Waals surface area contributed by atoms with Crippen molar-refractivity contribution in [2.45, 2.75) is 37.7 Å². The van der Waals surface area contributed by atoms with Crippen molar-refractivity contribution >= 4 is 5.91 Å². The third-order valence-electron chi connectivity index (χ3n) is 6.15. The summed E-state index contributed by atoms with van der Waals surface area (Å²) >= 11 is 0. The van der Waals surface area contributed by atoms with Crippen LogP contribution in [0.4, 0.5) is 0 Å². The molecule has 2 saturated heterocycles. The van der Waals surface area contributed by atoms with E-state index in [0.717, 1.165) is 57.6 Å². The van der Waals surface area contributed by atoms with Crippen molar-refractivity contribution in [3.05, 3.63) is 59.9 Å². The molecule has 28 heavy (non-hydrogen) atoms. The number of nitrogens with zero attached hydrogens (tertiary/aromatic N) is 2. The zero-order valence-corrected chi connectivity index (χ0v) is 16.5. The number of hydrogen-bond acceptors (Lipinski definition) is 4. The molecule has 1 unspecified atom stereocenters. The Labute approximate surface area is 166 Å². The molecule has 0 bridgehead atoms. The van der Waals surface area contributed by atoms with Crippen molar-refractivity contribution in [1.29, 1.82) is 0 Å². The Morgan fingerprint density at radius 3 is 2.71 bits per heavy atom. The second-order valence-corrected chi connectivity index (χ2v) is 7.98. The van der Waals surface area contributed by atoms with Crippen LogP contribution in [0.1, 0.15) is 41.6 Å². The fourth-order valence-electron chi connectivity index (χ4n) is 4.54. The van der Waals surface area contributed by atoms with E-state index in [-0.39, 0.29) is 11.5 Å². The lowest BCUT2D eigenvalue weighted by Crippen LogP contribution is -2.51. The van der Waals surface area contributed by atoms with Crippen molar-refractivity contribution in [1.82, 2.24) is 9.88 Å². The van der Waals surface area contributed by atoms with Crippen LogP contribution in [0.15, 0.2) is 48.8 Å². The molecule has 3 heterocycles. The number of rotatable bonds is 4. The lowest BCUT2D eigenvalue weighted by Gasteiger charge is -2.46. The first-order valence-corrected chi connectivity index (χ1v) is 10.1. The number of pyridine rings is 1. The van der Waals surface area contributed by atoms with Crippen LogP contribution in [0.2, 0.25) is 0 Å². The summed E-state index contributed by atoms with van der Waals surface area (Å²) in [7, 11) is 1.70. The van der Waals surface area contributed by atoms with Crippen LogP contribution < -0.4 is 4.74 Å². The number of carbonyl (C=O) groups excluding carboxylic acids is 1. The van der Waals surface area contributed by atoms with Gasteiger partial charge in [0.05, 0.1) is 18.3 Å². The summed E-state index contributed by atoms with van der Waals surface area (Å²) < 4.78 is 11.5. The SMILES string of the molecule is COc1ccc(CC2CCOC3(CCN(C(=O)c4cccnc4)CC3)C2)cc1. The van der Waals surface area contributed by atoms with Crippen LogP contribution in [0.5, 0.6) is 5.75 Å². The quantitative estimate of drug-likeness (QED) is 0.811. The predicted octanol–water partition coefficient (Wildman–Crippen LogP) is 3.73. The Morgan fingerprint density at radius 1 is 1.25 bits per heavy atom. The first-order valence-electron chi connectivity index (χ1n) is 10.1. The summed E-state index contributed by atoms with van der Waals surface area (Å²) in [6.07, 6.45) is 8.43. The van der Waals surface area contributed by atoms with Crippen LogP contribution >= 0.6 is 0 Å². The number of carbonyl (C=O) groups is 1. The monoisotopic (exact) mass is 380 g/mol.